The van der Waals surface area contributed by atoms with E-state index in [1.54, 1.807) is 18.2 Å². The summed E-state index contributed by atoms with van der Waals surface area (Å²) in [7, 11) is 0. The Morgan fingerprint density at radius 2 is 1.83 bits per heavy atom. The fraction of sp³-hybridized carbons (Fsp3) is 0.333. The minimum atomic E-state index is -0.484. The number of nitro groups is 1. The lowest BCUT2D eigenvalue weighted by molar-refractivity contribution is -0.385. The van der Waals surface area contributed by atoms with Crippen molar-refractivity contribution in [1.29, 1.82) is 0 Å². The lowest BCUT2D eigenvalue weighted by atomic mass is 9.97. The topological polar surface area (TPSA) is 119 Å². The summed E-state index contributed by atoms with van der Waals surface area (Å²) in [4.78, 5) is 36.9. The first-order chi connectivity index (χ1) is 13.9. The number of benzene rings is 2. The molecule has 1 unspecified atom stereocenters. The Hall–Kier alpha value is -3.26. The van der Waals surface area contributed by atoms with Crippen LogP contribution in [-0.2, 0) is 22.6 Å². The summed E-state index contributed by atoms with van der Waals surface area (Å²) in [6, 6.07) is 13.7. The molecule has 0 saturated carbocycles. The molecule has 0 bridgehead atoms. The van der Waals surface area contributed by atoms with Crippen molar-refractivity contribution in [3.63, 3.8) is 0 Å². The van der Waals surface area contributed by atoms with E-state index in [-0.39, 0.29) is 29.8 Å². The van der Waals surface area contributed by atoms with Crippen LogP contribution in [0.15, 0.2) is 48.5 Å². The minimum absolute atomic E-state index is 0.0678. The second-order valence-corrected chi connectivity index (χ2v) is 7.24. The van der Waals surface area contributed by atoms with Crippen molar-refractivity contribution in [2.45, 2.75) is 25.8 Å². The van der Waals surface area contributed by atoms with Gasteiger partial charge in [0.25, 0.3) is 5.69 Å². The number of anilines is 1. The molecule has 1 atom stereocenters. The number of rotatable bonds is 7. The third kappa shape index (κ3) is 5.39. The average Bonchev–Trinajstić information content (AvgIpc) is 2.70. The summed E-state index contributed by atoms with van der Waals surface area (Å²) in [5, 5.41) is 14.0. The van der Waals surface area contributed by atoms with Crippen LogP contribution in [0.1, 0.15) is 24.0 Å². The summed E-state index contributed by atoms with van der Waals surface area (Å²) in [5.41, 5.74) is 7.34. The maximum atomic E-state index is 12.5. The Morgan fingerprint density at radius 1 is 1.14 bits per heavy atom. The standard InChI is InChI=1S/C21H24N4O4/c22-21(27)17-8-5-11-24(14-17)13-16-7-1-3-9-18(16)23-20(26)12-15-6-2-4-10-19(15)25(28)29/h1-4,6-7,9-10,17H,5,8,11-14H2,(H2,22,27)(H,23,26). The Kier molecular flexibility index (Phi) is 6.56. The molecule has 2 amide bonds. The van der Waals surface area contributed by atoms with Crippen molar-refractivity contribution in [2.75, 3.05) is 18.4 Å². The summed E-state index contributed by atoms with van der Waals surface area (Å²) in [5.74, 6) is -0.745. The molecule has 0 aliphatic carbocycles. The SMILES string of the molecule is NC(=O)C1CCCN(Cc2ccccc2NC(=O)Cc2ccccc2[N+](=O)[O-])C1. The Balaban J connectivity index is 1.68. The molecule has 2 aromatic carbocycles. The fourth-order valence-electron chi connectivity index (χ4n) is 3.66. The third-order valence-electron chi connectivity index (χ3n) is 5.13. The van der Waals surface area contributed by atoms with E-state index < -0.39 is 4.92 Å². The Morgan fingerprint density at radius 3 is 2.55 bits per heavy atom. The largest absolute Gasteiger partial charge is 0.369 e. The van der Waals surface area contributed by atoms with E-state index in [0.29, 0.717) is 24.3 Å². The van der Waals surface area contributed by atoms with E-state index in [2.05, 4.69) is 10.2 Å². The summed E-state index contributed by atoms with van der Waals surface area (Å²) >= 11 is 0. The minimum Gasteiger partial charge on any atom is -0.369 e. The van der Waals surface area contributed by atoms with E-state index in [1.807, 2.05) is 24.3 Å². The quantitative estimate of drug-likeness (QED) is 0.550. The van der Waals surface area contributed by atoms with E-state index in [1.165, 1.54) is 6.07 Å². The van der Waals surface area contributed by atoms with Crippen LogP contribution in [-0.4, -0.2) is 34.7 Å². The van der Waals surface area contributed by atoms with Gasteiger partial charge in [0.2, 0.25) is 11.8 Å². The maximum Gasteiger partial charge on any atom is 0.273 e. The van der Waals surface area contributed by atoms with Crippen molar-refractivity contribution >= 4 is 23.2 Å². The monoisotopic (exact) mass is 396 g/mol. The molecule has 1 saturated heterocycles. The predicted octanol–water partition coefficient (Wildman–Crippen LogP) is 2.47. The van der Waals surface area contributed by atoms with Crippen LogP contribution >= 0.6 is 0 Å². The van der Waals surface area contributed by atoms with Crippen LogP contribution < -0.4 is 11.1 Å². The highest BCUT2D eigenvalue weighted by molar-refractivity contribution is 5.93. The number of hydrogen-bond donors (Lipinski definition) is 2. The molecule has 0 radical (unpaired) electrons. The molecule has 8 nitrogen and oxygen atoms in total. The first-order valence-corrected chi connectivity index (χ1v) is 9.55. The van der Waals surface area contributed by atoms with Gasteiger partial charge in [-0.15, -0.1) is 0 Å². The summed E-state index contributed by atoms with van der Waals surface area (Å²) in [6.07, 6.45) is 1.62. The lowest BCUT2D eigenvalue weighted by Crippen LogP contribution is -2.40. The first-order valence-electron chi connectivity index (χ1n) is 9.55. The molecule has 3 rings (SSSR count). The molecule has 3 N–H and O–H groups in total. The predicted molar refractivity (Wildman–Crippen MR) is 109 cm³/mol. The molecule has 0 aromatic heterocycles. The van der Waals surface area contributed by atoms with Gasteiger partial charge in [-0.25, -0.2) is 0 Å². The number of para-hydroxylation sites is 2. The van der Waals surface area contributed by atoms with Gasteiger partial charge >= 0.3 is 0 Å². The normalized spacial score (nSPS) is 16.9. The molecule has 2 aromatic rings. The maximum absolute atomic E-state index is 12.5. The van der Waals surface area contributed by atoms with Gasteiger partial charge in [-0.1, -0.05) is 36.4 Å². The van der Waals surface area contributed by atoms with Gasteiger partial charge < -0.3 is 11.1 Å². The second-order valence-electron chi connectivity index (χ2n) is 7.24. The third-order valence-corrected chi connectivity index (χ3v) is 5.13. The Bertz CT molecular complexity index is 915. The zero-order chi connectivity index (χ0) is 20.8. The van der Waals surface area contributed by atoms with E-state index in [0.717, 1.165) is 24.9 Å². The van der Waals surface area contributed by atoms with Crippen LogP contribution in [0.5, 0.6) is 0 Å². The van der Waals surface area contributed by atoms with Gasteiger partial charge in [-0.2, -0.15) is 0 Å². The molecular weight excluding hydrogens is 372 g/mol. The zero-order valence-corrected chi connectivity index (χ0v) is 16.0. The van der Waals surface area contributed by atoms with Gasteiger partial charge in [0.15, 0.2) is 0 Å². The number of nitro benzene ring substituents is 1. The number of carbonyl (C=O) groups is 2. The average molecular weight is 396 g/mol. The number of carbonyl (C=O) groups excluding carboxylic acids is 2. The summed E-state index contributed by atoms with van der Waals surface area (Å²) < 4.78 is 0. The molecule has 1 aliphatic rings. The molecule has 29 heavy (non-hydrogen) atoms. The van der Waals surface area contributed by atoms with Gasteiger partial charge in [0.1, 0.15) is 0 Å². The lowest BCUT2D eigenvalue weighted by Gasteiger charge is -2.31. The van der Waals surface area contributed by atoms with Crippen molar-refractivity contribution in [3.05, 3.63) is 69.8 Å². The number of primary amides is 1. The van der Waals surface area contributed by atoms with Crippen molar-refractivity contribution in [3.8, 4) is 0 Å². The number of amides is 2. The number of nitrogens with zero attached hydrogens (tertiary/aromatic N) is 2. The molecule has 1 fully saturated rings. The van der Waals surface area contributed by atoms with Gasteiger partial charge in [-0.3, -0.25) is 24.6 Å². The highest BCUT2D eigenvalue weighted by Crippen LogP contribution is 2.23. The van der Waals surface area contributed by atoms with Crippen molar-refractivity contribution in [2.24, 2.45) is 11.7 Å². The van der Waals surface area contributed by atoms with Crippen LogP contribution in [0.25, 0.3) is 0 Å². The van der Waals surface area contributed by atoms with E-state index in [4.69, 9.17) is 5.73 Å². The zero-order valence-electron chi connectivity index (χ0n) is 16.0. The number of likely N-dealkylation sites (tertiary alicyclic amines) is 1. The second kappa shape index (κ2) is 9.29. The molecule has 152 valence electrons. The van der Waals surface area contributed by atoms with Crippen LogP contribution in [0, 0.1) is 16.0 Å². The van der Waals surface area contributed by atoms with Crippen LogP contribution in [0.2, 0.25) is 0 Å². The van der Waals surface area contributed by atoms with Gasteiger partial charge in [-0.05, 0) is 31.0 Å². The molecule has 8 heteroatoms. The molecule has 1 aliphatic heterocycles. The number of hydrogen-bond acceptors (Lipinski definition) is 5. The molecule has 0 spiro atoms. The fourth-order valence-corrected chi connectivity index (χ4v) is 3.66. The van der Waals surface area contributed by atoms with Gasteiger partial charge in [0.05, 0.1) is 17.3 Å². The van der Waals surface area contributed by atoms with E-state index in [9.17, 15) is 19.7 Å². The summed E-state index contributed by atoms with van der Waals surface area (Å²) in [6.45, 7) is 2.06. The van der Waals surface area contributed by atoms with Gasteiger partial charge in [0, 0.05) is 30.4 Å². The first kappa shape index (κ1) is 20.5. The highest BCUT2D eigenvalue weighted by atomic mass is 16.6. The van der Waals surface area contributed by atoms with Crippen molar-refractivity contribution in [1.82, 2.24) is 4.90 Å². The Labute approximate surface area is 168 Å². The van der Waals surface area contributed by atoms with Crippen LogP contribution in [0.3, 0.4) is 0 Å². The van der Waals surface area contributed by atoms with Crippen molar-refractivity contribution < 1.29 is 14.5 Å². The number of nitrogens with one attached hydrogen (secondary N) is 1. The molecular formula is C21H24N4O4. The highest BCUT2D eigenvalue weighted by Gasteiger charge is 2.24. The molecule has 1 heterocycles. The van der Waals surface area contributed by atoms with Crippen LogP contribution in [0.4, 0.5) is 11.4 Å². The number of piperidine rings is 1. The number of nitrogens with two attached hydrogens (primary N) is 1. The smallest absolute Gasteiger partial charge is 0.273 e. The van der Waals surface area contributed by atoms with E-state index >= 15 is 0 Å².